The summed E-state index contributed by atoms with van der Waals surface area (Å²) in [7, 11) is -1.89. The molecule has 0 radical (unpaired) electrons. The Morgan fingerprint density at radius 3 is 1.65 bits per heavy atom. The van der Waals surface area contributed by atoms with E-state index >= 15 is 0 Å². The molecule has 4 nitrogen and oxygen atoms in total. The molecule has 1 aliphatic heterocycles. The maximum absolute atomic E-state index is 5.65. The molecular formula is C14H35NO3Si2. The van der Waals surface area contributed by atoms with E-state index < -0.39 is 8.80 Å². The second-order valence-corrected chi connectivity index (χ2v) is 9.85. The van der Waals surface area contributed by atoms with Gasteiger partial charge in [0, 0.05) is 35.4 Å². The van der Waals surface area contributed by atoms with Crippen molar-refractivity contribution in [3.63, 3.8) is 0 Å². The zero-order valence-corrected chi connectivity index (χ0v) is 16.2. The first kappa shape index (κ1) is 20.3. The van der Waals surface area contributed by atoms with Gasteiger partial charge in [0.25, 0.3) is 0 Å². The van der Waals surface area contributed by atoms with E-state index in [0.29, 0.717) is 35.9 Å². The van der Waals surface area contributed by atoms with Crippen LogP contribution in [0.5, 0.6) is 0 Å². The fourth-order valence-corrected chi connectivity index (χ4v) is 6.79. The van der Waals surface area contributed by atoms with Gasteiger partial charge in [-0.25, -0.2) is 0 Å². The Bertz CT molecular complexity index is 176. The Balaban J connectivity index is 0.000000493. The molecule has 0 saturated carbocycles. The van der Waals surface area contributed by atoms with Crippen molar-refractivity contribution >= 4 is 18.3 Å². The molecule has 0 unspecified atom stereocenters. The summed E-state index contributed by atoms with van der Waals surface area (Å²) in [6.07, 6.45) is 5.55. The van der Waals surface area contributed by atoms with Gasteiger partial charge in [-0.3, -0.25) is 0 Å². The zero-order chi connectivity index (χ0) is 15.1. The van der Waals surface area contributed by atoms with E-state index in [1.807, 2.05) is 20.8 Å². The lowest BCUT2D eigenvalue weighted by molar-refractivity contribution is 0.0710. The molecule has 2 N–H and O–H groups in total. The van der Waals surface area contributed by atoms with Crippen LogP contribution in [0.1, 0.15) is 46.5 Å². The average Bonchev–Trinajstić information content (AvgIpc) is 2.48. The summed E-state index contributed by atoms with van der Waals surface area (Å²) < 4.78 is 17.0. The number of hydrogen-bond donors (Lipinski definition) is 1. The lowest BCUT2D eigenvalue weighted by Gasteiger charge is -2.28. The molecule has 6 heteroatoms. The third kappa shape index (κ3) is 10.1. The normalized spacial score (nSPS) is 15.6. The van der Waals surface area contributed by atoms with Crippen molar-refractivity contribution in [2.75, 3.05) is 26.4 Å². The SMILES string of the molecule is C1CC[SiH2]CC1.CCO[Si](CCCN)(OCC)OCC. The monoisotopic (exact) mass is 321 g/mol. The van der Waals surface area contributed by atoms with E-state index in [1.54, 1.807) is 24.9 Å². The van der Waals surface area contributed by atoms with Gasteiger partial charge in [-0.1, -0.05) is 31.4 Å². The van der Waals surface area contributed by atoms with Gasteiger partial charge in [0.15, 0.2) is 0 Å². The van der Waals surface area contributed by atoms with Crippen molar-refractivity contribution in [2.24, 2.45) is 5.73 Å². The Kier molecular flexibility index (Phi) is 14.4. The Morgan fingerprint density at radius 1 is 0.900 bits per heavy atom. The first-order valence-electron chi connectivity index (χ1n) is 8.36. The van der Waals surface area contributed by atoms with Crippen molar-refractivity contribution in [2.45, 2.75) is 64.6 Å². The summed E-state index contributed by atoms with van der Waals surface area (Å²) in [6.45, 7) is 8.44. The molecule has 1 aliphatic rings. The maximum atomic E-state index is 5.65. The minimum absolute atomic E-state index is 0.508. The average molecular weight is 322 g/mol. The highest BCUT2D eigenvalue weighted by Crippen LogP contribution is 2.17. The van der Waals surface area contributed by atoms with Gasteiger partial charge in [0.05, 0.1) is 0 Å². The van der Waals surface area contributed by atoms with Crippen LogP contribution in [-0.2, 0) is 13.3 Å². The van der Waals surface area contributed by atoms with Gasteiger partial charge in [-0.15, -0.1) is 0 Å². The summed E-state index contributed by atoms with van der Waals surface area (Å²) in [5, 5.41) is 0. The van der Waals surface area contributed by atoms with Crippen LogP contribution in [0.15, 0.2) is 0 Å². The van der Waals surface area contributed by atoms with E-state index in [4.69, 9.17) is 19.0 Å². The molecule has 1 heterocycles. The molecule has 1 saturated heterocycles. The first-order chi connectivity index (χ1) is 9.74. The molecule has 0 aliphatic carbocycles. The van der Waals surface area contributed by atoms with Gasteiger partial charge < -0.3 is 19.0 Å². The van der Waals surface area contributed by atoms with Crippen LogP contribution in [0.25, 0.3) is 0 Å². The van der Waals surface area contributed by atoms with Crippen LogP contribution in [0.4, 0.5) is 0 Å². The highest BCUT2D eigenvalue weighted by molar-refractivity contribution is 6.60. The Hall–Kier alpha value is 0.274. The Morgan fingerprint density at radius 2 is 1.40 bits per heavy atom. The Labute approximate surface area is 128 Å². The molecule has 20 heavy (non-hydrogen) atoms. The summed E-state index contributed by atoms with van der Waals surface area (Å²) in [4.78, 5) is 0. The third-order valence-electron chi connectivity index (χ3n) is 3.28. The number of rotatable bonds is 9. The van der Waals surface area contributed by atoms with E-state index in [0.717, 1.165) is 12.5 Å². The van der Waals surface area contributed by atoms with Crippen molar-refractivity contribution in [1.82, 2.24) is 0 Å². The van der Waals surface area contributed by atoms with Crippen LogP contribution in [0, 0.1) is 0 Å². The van der Waals surface area contributed by atoms with Gasteiger partial charge >= 0.3 is 8.80 Å². The van der Waals surface area contributed by atoms with Gasteiger partial charge in [-0.05, 0) is 33.7 Å². The first-order valence-corrected chi connectivity index (χ1v) is 12.3. The molecule has 0 spiro atoms. The second kappa shape index (κ2) is 14.2. The van der Waals surface area contributed by atoms with Crippen molar-refractivity contribution in [3.05, 3.63) is 0 Å². The van der Waals surface area contributed by atoms with Gasteiger partial charge in [0.1, 0.15) is 0 Å². The fourth-order valence-electron chi connectivity index (χ4n) is 2.38. The molecular weight excluding hydrogens is 286 g/mol. The van der Waals surface area contributed by atoms with Crippen molar-refractivity contribution in [1.29, 1.82) is 0 Å². The molecule has 1 fully saturated rings. The lowest BCUT2D eigenvalue weighted by atomic mass is 10.3. The van der Waals surface area contributed by atoms with Crippen LogP contribution in [0.3, 0.4) is 0 Å². The highest BCUT2D eigenvalue weighted by Gasteiger charge is 2.39. The van der Waals surface area contributed by atoms with Crippen LogP contribution in [-0.4, -0.2) is 44.7 Å². The molecule has 0 aromatic heterocycles. The number of nitrogens with two attached hydrogens (primary N) is 1. The fraction of sp³-hybridized carbons (Fsp3) is 1.00. The standard InChI is InChI=1S/C9H23NO3Si.C5H12Si/c1-4-11-14(12-5-2,13-6-3)9-7-8-10;1-2-4-6-5-3-1/h4-10H2,1-3H3;1-6H2. The van der Waals surface area contributed by atoms with E-state index in [1.165, 1.54) is 6.42 Å². The lowest BCUT2D eigenvalue weighted by Crippen LogP contribution is -2.46. The third-order valence-corrected chi connectivity index (χ3v) is 8.43. The minimum atomic E-state index is -2.40. The molecule has 0 aromatic carbocycles. The summed E-state index contributed by atoms with van der Waals surface area (Å²) in [6, 6.07) is 4.10. The predicted molar refractivity (Wildman–Crippen MR) is 91.1 cm³/mol. The summed E-state index contributed by atoms with van der Waals surface area (Å²) >= 11 is 0. The topological polar surface area (TPSA) is 53.7 Å². The quantitative estimate of drug-likeness (QED) is 0.663. The molecule has 0 amide bonds. The summed E-state index contributed by atoms with van der Waals surface area (Å²) in [5.74, 6) is 0. The minimum Gasteiger partial charge on any atom is -0.374 e. The predicted octanol–water partition coefficient (Wildman–Crippen LogP) is 2.56. The van der Waals surface area contributed by atoms with E-state index in [9.17, 15) is 0 Å². The summed E-state index contributed by atoms with van der Waals surface area (Å²) in [5.41, 5.74) is 5.48. The van der Waals surface area contributed by atoms with E-state index in [2.05, 4.69) is 0 Å². The molecule has 122 valence electrons. The van der Waals surface area contributed by atoms with Crippen LogP contribution >= 0.6 is 0 Å². The van der Waals surface area contributed by atoms with Crippen molar-refractivity contribution < 1.29 is 13.3 Å². The zero-order valence-electron chi connectivity index (χ0n) is 13.8. The highest BCUT2D eigenvalue weighted by atomic mass is 28.4. The second-order valence-electron chi connectivity index (χ2n) is 5.00. The largest absolute Gasteiger partial charge is 0.500 e. The van der Waals surface area contributed by atoms with Crippen molar-refractivity contribution in [3.8, 4) is 0 Å². The molecule has 0 bridgehead atoms. The number of hydrogen-bond acceptors (Lipinski definition) is 4. The molecule has 0 aromatic rings. The van der Waals surface area contributed by atoms with Crippen LogP contribution < -0.4 is 5.73 Å². The van der Waals surface area contributed by atoms with Crippen LogP contribution in [0.2, 0.25) is 18.1 Å². The van der Waals surface area contributed by atoms with E-state index in [-0.39, 0.29) is 0 Å². The van der Waals surface area contributed by atoms with Gasteiger partial charge in [-0.2, -0.15) is 0 Å². The smallest absolute Gasteiger partial charge is 0.374 e. The maximum Gasteiger partial charge on any atom is 0.500 e. The van der Waals surface area contributed by atoms with Gasteiger partial charge in [0.2, 0.25) is 0 Å². The molecule has 1 rings (SSSR count). The molecule has 0 atom stereocenters.